The van der Waals surface area contributed by atoms with E-state index >= 15 is 0 Å². The normalized spacial score (nSPS) is 15.3. The van der Waals surface area contributed by atoms with Crippen LogP contribution in [0.2, 0.25) is 10.0 Å². The SMILES string of the molecule is Cc1cc(C)c(S(=O)(=O)N(CC(=O)N/N=C/c2c(Cl)cccc2Cl)C2CCCCC2)c(C)c1. The van der Waals surface area contributed by atoms with E-state index in [0.717, 1.165) is 37.7 Å². The topological polar surface area (TPSA) is 78.8 Å². The number of rotatable bonds is 7. The first-order valence-corrected chi connectivity index (χ1v) is 13.2. The van der Waals surface area contributed by atoms with E-state index in [4.69, 9.17) is 23.2 Å². The van der Waals surface area contributed by atoms with Gasteiger partial charge in [0.25, 0.3) is 5.91 Å². The zero-order valence-corrected chi connectivity index (χ0v) is 21.4. The van der Waals surface area contributed by atoms with Crippen LogP contribution in [0.5, 0.6) is 0 Å². The van der Waals surface area contributed by atoms with Crippen LogP contribution < -0.4 is 5.43 Å². The van der Waals surface area contributed by atoms with Crippen LogP contribution in [-0.2, 0) is 14.8 Å². The quantitative estimate of drug-likeness (QED) is 0.401. The summed E-state index contributed by atoms with van der Waals surface area (Å²) >= 11 is 12.2. The molecule has 0 atom stereocenters. The van der Waals surface area contributed by atoms with Gasteiger partial charge in [-0.1, -0.05) is 66.2 Å². The molecular formula is C24H29Cl2N3O3S. The van der Waals surface area contributed by atoms with Gasteiger partial charge in [-0.15, -0.1) is 0 Å². The summed E-state index contributed by atoms with van der Waals surface area (Å²) in [6.07, 6.45) is 5.77. The van der Waals surface area contributed by atoms with E-state index in [1.807, 2.05) is 19.1 Å². The van der Waals surface area contributed by atoms with Gasteiger partial charge < -0.3 is 0 Å². The Labute approximate surface area is 206 Å². The first kappa shape index (κ1) is 25.7. The third-order valence-electron chi connectivity index (χ3n) is 5.84. The molecule has 0 radical (unpaired) electrons. The average Bonchev–Trinajstić information content (AvgIpc) is 2.73. The molecule has 1 N–H and O–H groups in total. The molecule has 1 fully saturated rings. The number of hydrazone groups is 1. The molecule has 33 heavy (non-hydrogen) atoms. The van der Waals surface area contributed by atoms with Gasteiger partial charge in [0.2, 0.25) is 10.0 Å². The largest absolute Gasteiger partial charge is 0.272 e. The smallest absolute Gasteiger partial charge is 0.255 e. The summed E-state index contributed by atoms with van der Waals surface area (Å²) in [5.74, 6) is -0.522. The third kappa shape index (κ3) is 6.15. The Balaban J connectivity index is 1.86. The number of benzene rings is 2. The molecule has 0 aromatic heterocycles. The van der Waals surface area contributed by atoms with E-state index in [-0.39, 0.29) is 17.5 Å². The molecule has 3 rings (SSSR count). The van der Waals surface area contributed by atoms with Crippen molar-refractivity contribution in [2.45, 2.75) is 63.8 Å². The lowest BCUT2D eigenvalue weighted by molar-refractivity contribution is -0.121. The predicted octanol–water partition coefficient (Wildman–Crippen LogP) is 5.39. The second kappa shape index (κ2) is 11.0. The molecule has 1 amide bonds. The lowest BCUT2D eigenvalue weighted by atomic mass is 9.95. The highest BCUT2D eigenvalue weighted by molar-refractivity contribution is 7.89. The zero-order chi connectivity index (χ0) is 24.2. The van der Waals surface area contributed by atoms with E-state index in [2.05, 4.69) is 10.5 Å². The Morgan fingerprint density at radius 2 is 1.67 bits per heavy atom. The van der Waals surface area contributed by atoms with Gasteiger partial charge in [-0.2, -0.15) is 9.41 Å². The average molecular weight is 510 g/mol. The van der Waals surface area contributed by atoms with E-state index in [1.165, 1.54) is 10.5 Å². The van der Waals surface area contributed by atoms with Crippen molar-refractivity contribution in [3.63, 3.8) is 0 Å². The van der Waals surface area contributed by atoms with Gasteiger partial charge in [0, 0.05) is 11.6 Å². The van der Waals surface area contributed by atoms with Crippen molar-refractivity contribution < 1.29 is 13.2 Å². The van der Waals surface area contributed by atoms with Gasteiger partial charge in [0.05, 0.1) is 27.7 Å². The summed E-state index contributed by atoms with van der Waals surface area (Å²) in [6.45, 7) is 5.21. The van der Waals surface area contributed by atoms with Gasteiger partial charge in [-0.3, -0.25) is 4.79 Å². The summed E-state index contributed by atoms with van der Waals surface area (Å²) in [4.78, 5) is 13.0. The summed E-state index contributed by atoms with van der Waals surface area (Å²) < 4.78 is 28.9. The molecule has 1 aliphatic rings. The minimum Gasteiger partial charge on any atom is -0.272 e. The zero-order valence-electron chi connectivity index (χ0n) is 19.1. The highest BCUT2D eigenvalue weighted by Crippen LogP contribution is 2.31. The van der Waals surface area contributed by atoms with E-state index in [1.54, 1.807) is 32.0 Å². The van der Waals surface area contributed by atoms with Crippen LogP contribution in [0.1, 0.15) is 54.4 Å². The first-order chi connectivity index (χ1) is 15.6. The van der Waals surface area contributed by atoms with Gasteiger partial charge in [-0.25, -0.2) is 13.8 Å². The number of carbonyl (C=O) groups excluding carboxylic acids is 1. The first-order valence-electron chi connectivity index (χ1n) is 11.0. The predicted molar refractivity (Wildman–Crippen MR) is 134 cm³/mol. The van der Waals surface area contributed by atoms with Crippen LogP contribution in [0.4, 0.5) is 0 Å². The Bertz CT molecular complexity index is 1120. The summed E-state index contributed by atoms with van der Waals surface area (Å²) in [6, 6.07) is 8.53. The van der Waals surface area contributed by atoms with Crippen LogP contribution in [-0.4, -0.2) is 37.4 Å². The Morgan fingerprint density at radius 1 is 1.09 bits per heavy atom. The van der Waals surface area contributed by atoms with E-state index in [0.29, 0.717) is 26.7 Å². The number of nitrogens with zero attached hydrogens (tertiary/aromatic N) is 2. The summed E-state index contributed by atoms with van der Waals surface area (Å²) in [7, 11) is -3.89. The second-order valence-corrected chi connectivity index (χ2v) is 11.1. The Morgan fingerprint density at radius 3 is 2.24 bits per heavy atom. The molecule has 0 heterocycles. The minimum atomic E-state index is -3.89. The van der Waals surface area contributed by atoms with Crippen LogP contribution in [0.15, 0.2) is 40.3 Å². The number of nitrogens with one attached hydrogen (secondary N) is 1. The fraction of sp³-hybridized carbons (Fsp3) is 0.417. The molecular weight excluding hydrogens is 481 g/mol. The van der Waals surface area contributed by atoms with Crippen LogP contribution in [0, 0.1) is 20.8 Å². The van der Waals surface area contributed by atoms with Crippen molar-refractivity contribution in [2.75, 3.05) is 6.54 Å². The fourth-order valence-corrected chi connectivity index (χ4v) is 7.00. The van der Waals surface area contributed by atoms with Crippen LogP contribution in [0.3, 0.4) is 0 Å². The minimum absolute atomic E-state index is 0.225. The molecule has 0 spiro atoms. The van der Waals surface area contributed by atoms with Crippen molar-refractivity contribution in [3.8, 4) is 0 Å². The van der Waals surface area contributed by atoms with Gasteiger partial charge in [-0.05, 0) is 56.9 Å². The van der Waals surface area contributed by atoms with Crippen LogP contribution >= 0.6 is 23.2 Å². The molecule has 9 heteroatoms. The van der Waals surface area contributed by atoms with Crippen molar-refractivity contribution in [3.05, 3.63) is 62.6 Å². The summed E-state index contributed by atoms with van der Waals surface area (Å²) in [5, 5.41) is 4.75. The molecule has 178 valence electrons. The molecule has 2 aromatic rings. The van der Waals surface area contributed by atoms with E-state index < -0.39 is 15.9 Å². The van der Waals surface area contributed by atoms with Crippen molar-refractivity contribution in [1.29, 1.82) is 0 Å². The maximum atomic E-state index is 13.8. The number of hydrogen-bond acceptors (Lipinski definition) is 4. The van der Waals surface area contributed by atoms with Crippen molar-refractivity contribution >= 4 is 45.3 Å². The highest BCUT2D eigenvalue weighted by Gasteiger charge is 2.35. The monoisotopic (exact) mass is 509 g/mol. The fourth-order valence-electron chi connectivity index (χ4n) is 4.45. The van der Waals surface area contributed by atoms with Gasteiger partial charge in [0.15, 0.2) is 0 Å². The summed E-state index contributed by atoms with van der Waals surface area (Å²) in [5.41, 5.74) is 5.26. The maximum Gasteiger partial charge on any atom is 0.255 e. The molecule has 1 saturated carbocycles. The number of amides is 1. The Hall–Kier alpha value is -1.93. The molecule has 1 aliphatic carbocycles. The molecule has 0 bridgehead atoms. The maximum absolute atomic E-state index is 13.8. The highest BCUT2D eigenvalue weighted by atomic mass is 35.5. The lowest BCUT2D eigenvalue weighted by Gasteiger charge is -2.33. The molecule has 6 nitrogen and oxygen atoms in total. The van der Waals surface area contributed by atoms with Gasteiger partial charge >= 0.3 is 0 Å². The molecule has 0 aliphatic heterocycles. The van der Waals surface area contributed by atoms with Crippen molar-refractivity contribution in [2.24, 2.45) is 5.10 Å². The molecule has 0 saturated heterocycles. The van der Waals surface area contributed by atoms with Crippen LogP contribution in [0.25, 0.3) is 0 Å². The number of carbonyl (C=O) groups is 1. The number of hydrogen-bond donors (Lipinski definition) is 1. The van der Waals surface area contributed by atoms with Crippen molar-refractivity contribution in [1.82, 2.24) is 9.73 Å². The van der Waals surface area contributed by atoms with E-state index in [9.17, 15) is 13.2 Å². The standard InChI is InChI=1S/C24H29Cl2N3O3S/c1-16-12-17(2)24(18(3)13-16)33(31,32)29(19-8-5-4-6-9-19)15-23(30)28-27-14-20-21(25)10-7-11-22(20)26/h7,10-14,19H,4-6,8-9,15H2,1-3H3,(H,28,30)/b27-14+. The third-order valence-corrected chi connectivity index (χ3v) is 8.70. The number of halogens is 2. The number of aryl methyl sites for hydroxylation is 3. The van der Waals surface area contributed by atoms with Gasteiger partial charge in [0.1, 0.15) is 0 Å². The molecule has 0 unspecified atom stereocenters. The second-order valence-electron chi connectivity index (χ2n) is 8.50. The number of sulfonamides is 1. The molecule has 2 aromatic carbocycles. The lowest BCUT2D eigenvalue weighted by Crippen LogP contribution is -2.46. The Kier molecular flexibility index (Phi) is 8.56.